The number of halogens is 1. The molecule has 2 aromatic heterocycles. The SMILES string of the molecule is COc1ccc2nc(NC(=O)CCn3cnc4ccc(Br)cc4c3=O)sc2c1. The molecule has 9 heteroatoms. The van der Waals surface area contributed by atoms with Gasteiger partial charge in [0.25, 0.3) is 5.56 Å². The zero-order chi connectivity index (χ0) is 19.7. The summed E-state index contributed by atoms with van der Waals surface area (Å²) in [5.41, 5.74) is 1.24. The van der Waals surface area contributed by atoms with E-state index >= 15 is 0 Å². The van der Waals surface area contributed by atoms with Crippen molar-refractivity contribution in [2.75, 3.05) is 12.4 Å². The molecule has 0 saturated carbocycles. The zero-order valence-electron chi connectivity index (χ0n) is 14.8. The van der Waals surface area contributed by atoms with E-state index in [-0.39, 0.29) is 24.4 Å². The molecule has 0 radical (unpaired) electrons. The summed E-state index contributed by atoms with van der Waals surface area (Å²) < 4.78 is 8.37. The van der Waals surface area contributed by atoms with Crippen LogP contribution in [-0.4, -0.2) is 27.6 Å². The van der Waals surface area contributed by atoms with Crippen LogP contribution in [0.3, 0.4) is 0 Å². The number of ether oxygens (including phenoxy) is 1. The molecule has 0 aliphatic rings. The quantitative estimate of drug-likeness (QED) is 0.491. The molecule has 0 bridgehead atoms. The number of methoxy groups -OCH3 is 1. The van der Waals surface area contributed by atoms with Crippen LogP contribution in [0.1, 0.15) is 6.42 Å². The fraction of sp³-hybridized carbons (Fsp3) is 0.158. The van der Waals surface area contributed by atoms with Gasteiger partial charge >= 0.3 is 0 Å². The second kappa shape index (κ2) is 7.69. The second-order valence-electron chi connectivity index (χ2n) is 6.06. The second-order valence-corrected chi connectivity index (χ2v) is 8.00. The van der Waals surface area contributed by atoms with Gasteiger partial charge in [-0.1, -0.05) is 27.3 Å². The first kappa shape index (κ1) is 18.6. The van der Waals surface area contributed by atoms with Gasteiger partial charge in [0, 0.05) is 17.4 Å². The van der Waals surface area contributed by atoms with Crippen LogP contribution in [-0.2, 0) is 11.3 Å². The highest BCUT2D eigenvalue weighted by Crippen LogP contribution is 2.29. The molecule has 28 heavy (non-hydrogen) atoms. The fourth-order valence-corrected chi connectivity index (χ4v) is 4.05. The van der Waals surface area contributed by atoms with Crippen LogP contribution >= 0.6 is 27.3 Å². The van der Waals surface area contributed by atoms with Gasteiger partial charge in [0.2, 0.25) is 5.91 Å². The summed E-state index contributed by atoms with van der Waals surface area (Å²) >= 11 is 4.73. The molecule has 4 rings (SSSR count). The Bertz CT molecular complexity index is 1250. The number of benzene rings is 2. The summed E-state index contributed by atoms with van der Waals surface area (Å²) in [6, 6.07) is 10.9. The lowest BCUT2D eigenvalue weighted by molar-refractivity contribution is -0.116. The first-order chi connectivity index (χ1) is 13.5. The topological polar surface area (TPSA) is 86.1 Å². The normalized spacial score (nSPS) is 11.1. The highest BCUT2D eigenvalue weighted by atomic mass is 79.9. The average molecular weight is 459 g/mol. The number of carbonyl (C=O) groups is 1. The van der Waals surface area contributed by atoms with Gasteiger partial charge in [-0.05, 0) is 36.4 Å². The smallest absolute Gasteiger partial charge is 0.261 e. The summed E-state index contributed by atoms with van der Waals surface area (Å²) in [6.45, 7) is 0.235. The Morgan fingerprint density at radius 2 is 2.07 bits per heavy atom. The van der Waals surface area contributed by atoms with Crippen LogP contribution in [0, 0.1) is 0 Å². The summed E-state index contributed by atoms with van der Waals surface area (Å²) in [6.07, 6.45) is 1.61. The van der Waals surface area contributed by atoms with Crippen LogP contribution < -0.4 is 15.6 Å². The molecule has 0 aliphatic heterocycles. The van der Waals surface area contributed by atoms with E-state index in [2.05, 4.69) is 31.2 Å². The number of hydrogen-bond acceptors (Lipinski definition) is 6. The summed E-state index contributed by atoms with van der Waals surface area (Å²) in [7, 11) is 1.60. The highest BCUT2D eigenvalue weighted by Gasteiger charge is 2.10. The predicted molar refractivity (Wildman–Crippen MR) is 113 cm³/mol. The van der Waals surface area contributed by atoms with Gasteiger partial charge in [-0.25, -0.2) is 9.97 Å². The third kappa shape index (κ3) is 3.76. The van der Waals surface area contributed by atoms with Crippen molar-refractivity contribution in [1.29, 1.82) is 0 Å². The minimum atomic E-state index is -0.215. The van der Waals surface area contributed by atoms with Crippen LogP contribution in [0.5, 0.6) is 5.75 Å². The van der Waals surface area contributed by atoms with Crippen LogP contribution in [0.25, 0.3) is 21.1 Å². The third-order valence-electron chi connectivity index (χ3n) is 4.21. The number of thiazole rings is 1. The summed E-state index contributed by atoms with van der Waals surface area (Å²) in [5.74, 6) is 0.524. The number of aromatic nitrogens is 3. The van der Waals surface area contributed by atoms with Gasteiger partial charge in [0.15, 0.2) is 5.13 Å². The molecule has 0 fully saturated rings. The number of nitrogens with one attached hydrogen (secondary N) is 1. The van der Waals surface area contributed by atoms with Crippen LogP contribution in [0.4, 0.5) is 5.13 Å². The number of anilines is 1. The molecule has 2 aromatic carbocycles. The van der Waals surface area contributed by atoms with E-state index in [1.54, 1.807) is 19.2 Å². The zero-order valence-corrected chi connectivity index (χ0v) is 17.2. The average Bonchev–Trinajstić information content (AvgIpc) is 3.09. The number of amides is 1. The standard InChI is InChI=1S/C19H15BrN4O3S/c1-27-12-3-5-15-16(9-12)28-19(22-15)23-17(25)6-7-24-10-21-14-4-2-11(20)8-13(14)18(24)26/h2-5,8-10H,6-7H2,1H3,(H,22,23,25). The number of rotatable bonds is 5. The van der Waals surface area contributed by atoms with Gasteiger partial charge in [0.1, 0.15) is 5.75 Å². The monoisotopic (exact) mass is 458 g/mol. The maximum atomic E-state index is 12.6. The molecule has 142 valence electrons. The van der Waals surface area contributed by atoms with Crippen molar-refractivity contribution in [3.05, 3.63) is 57.6 Å². The lowest BCUT2D eigenvalue weighted by Gasteiger charge is -2.06. The van der Waals surface area contributed by atoms with Gasteiger partial charge in [-0.15, -0.1) is 0 Å². The molecule has 0 atom stereocenters. The van der Waals surface area contributed by atoms with Crippen molar-refractivity contribution in [3.63, 3.8) is 0 Å². The van der Waals surface area contributed by atoms with Gasteiger partial charge in [0.05, 0.1) is 34.6 Å². The molecule has 0 spiro atoms. The molecule has 0 aliphatic carbocycles. The Balaban J connectivity index is 1.47. The van der Waals surface area contributed by atoms with E-state index in [1.165, 1.54) is 22.2 Å². The first-order valence-corrected chi connectivity index (χ1v) is 10.0. The fourth-order valence-electron chi connectivity index (χ4n) is 2.78. The molecule has 4 aromatic rings. The van der Waals surface area contributed by atoms with Crippen LogP contribution in [0.2, 0.25) is 0 Å². The van der Waals surface area contributed by atoms with Crippen molar-refractivity contribution < 1.29 is 9.53 Å². The van der Waals surface area contributed by atoms with Gasteiger partial charge < -0.3 is 10.1 Å². The number of nitrogens with zero attached hydrogens (tertiary/aromatic N) is 3. The molecule has 1 amide bonds. The number of fused-ring (bicyclic) bond motifs is 2. The van der Waals surface area contributed by atoms with E-state index in [9.17, 15) is 9.59 Å². The molecule has 2 heterocycles. The van der Waals surface area contributed by atoms with Gasteiger partial charge in [-0.3, -0.25) is 14.2 Å². The van der Waals surface area contributed by atoms with E-state index < -0.39 is 0 Å². The van der Waals surface area contributed by atoms with E-state index in [1.807, 2.05) is 24.3 Å². The Morgan fingerprint density at radius 1 is 1.25 bits per heavy atom. The van der Waals surface area contributed by atoms with Crippen molar-refractivity contribution >= 4 is 59.4 Å². The summed E-state index contributed by atoms with van der Waals surface area (Å²) in [4.78, 5) is 33.6. The molecular formula is C19H15BrN4O3S. The number of hydrogen-bond donors (Lipinski definition) is 1. The lowest BCUT2D eigenvalue weighted by atomic mass is 10.2. The molecule has 0 saturated heterocycles. The van der Waals surface area contributed by atoms with E-state index in [0.29, 0.717) is 16.0 Å². The minimum absolute atomic E-state index is 0.139. The maximum absolute atomic E-state index is 12.6. The summed E-state index contributed by atoms with van der Waals surface area (Å²) in [5, 5.41) is 3.82. The van der Waals surface area contributed by atoms with Crippen molar-refractivity contribution in [3.8, 4) is 5.75 Å². The van der Waals surface area contributed by atoms with Gasteiger partial charge in [-0.2, -0.15) is 0 Å². The van der Waals surface area contributed by atoms with E-state index in [4.69, 9.17) is 4.74 Å². The Kier molecular flexibility index (Phi) is 5.10. The predicted octanol–water partition coefficient (Wildman–Crippen LogP) is 3.81. The highest BCUT2D eigenvalue weighted by molar-refractivity contribution is 9.10. The Hall–Kier alpha value is -2.78. The number of aryl methyl sites for hydroxylation is 1. The third-order valence-corrected chi connectivity index (χ3v) is 5.63. The van der Waals surface area contributed by atoms with Crippen molar-refractivity contribution in [1.82, 2.24) is 14.5 Å². The number of carbonyl (C=O) groups excluding carboxylic acids is 1. The van der Waals surface area contributed by atoms with Crippen LogP contribution in [0.15, 0.2) is 52.0 Å². The van der Waals surface area contributed by atoms with E-state index in [0.717, 1.165) is 20.4 Å². The molecule has 1 N–H and O–H groups in total. The largest absolute Gasteiger partial charge is 0.497 e. The Morgan fingerprint density at radius 3 is 2.89 bits per heavy atom. The molecular weight excluding hydrogens is 444 g/mol. The Labute approximate surface area is 172 Å². The van der Waals surface area contributed by atoms with Crippen molar-refractivity contribution in [2.45, 2.75) is 13.0 Å². The lowest BCUT2D eigenvalue weighted by Crippen LogP contribution is -2.23. The maximum Gasteiger partial charge on any atom is 0.261 e. The first-order valence-electron chi connectivity index (χ1n) is 8.42. The minimum Gasteiger partial charge on any atom is -0.497 e. The molecule has 0 unspecified atom stereocenters. The molecule has 7 nitrogen and oxygen atoms in total. The van der Waals surface area contributed by atoms with Crippen molar-refractivity contribution in [2.24, 2.45) is 0 Å².